The first-order valence-electron chi connectivity index (χ1n) is 6.03. The Balaban J connectivity index is 2.41. The standard InChI is InChI=1S/C11H16N6O2/c1-4-8(5-10(18)19)17-11(12-14-15-17)9-6-16(3)13-7(9)2/h6,8H,4-5H2,1-3H3,(H,18,19). The van der Waals surface area contributed by atoms with Crippen molar-refractivity contribution in [3.8, 4) is 11.4 Å². The normalized spacial score (nSPS) is 12.6. The molecule has 1 unspecified atom stereocenters. The second-order valence-corrected chi connectivity index (χ2v) is 4.41. The Morgan fingerprint density at radius 3 is 2.79 bits per heavy atom. The summed E-state index contributed by atoms with van der Waals surface area (Å²) in [5.41, 5.74) is 1.63. The first-order chi connectivity index (χ1) is 9.02. The van der Waals surface area contributed by atoms with Crippen LogP contribution in [-0.4, -0.2) is 41.1 Å². The molecule has 0 aliphatic carbocycles. The van der Waals surface area contributed by atoms with Gasteiger partial charge >= 0.3 is 5.97 Å². The Morgan fingerprint density at radius 1 is 1.53 bits per heavy atom. The molecule has 19 heavy (non-hydrogen) atoms. The number of carboxylic acid groups (broad SMARTS) is 1. The summed E-state index contributed by atoms with van der Waals surface area (Å²) in [6.45, 7) is 3.78. The second-order valence-electron chi connectivity index (χ2n) is 4.41. The molecule has 2 aromatic heterocycles. The van der Waals surface area contributed by atoms with Crippen molar-refractivity contribution in [2.24, 2.45) is 7.05 Å². The van der Waals surface area contributed by atoms with Crippen LogP contribution in [0.3, 0.4) is 0 Å². The van der Waals surface area contributed by atoms with E-state index >= 15 is 0 Å². The fourth-order valence-electron chi connectivity index (χ4n) is 2.04. The van der Waals surface area contributed by atoms with E-state index in [1.54, 1.807) is 9.36 Å². The molecule has 0 aromatic carbocycles. The molecule has 2 rings (SSSR count). The van der Waals surface area contributed by atoms with Gasteiger partial charge in [0.15, 0.2) is 5.82 Å². The molecule has 0 amide bonds. The van der Waals surface area contributed by atoms with Crippen molar-refractivity contribution in [3.05, 3.63) is 11.9 Å². The monoisotopic (exact) mass is 264 g/mol. The highest BCUT2D eigenvalue weighted by molar-refractivity contribution is 5.67. The Bertz CT molecular complexity index is 588. The number of aliphatic carboxylic acids is 1. The molecule has 0 fully saturated rings. The zero-order valence-electron chi connectivity index (χ0n) is 11.1. The fourth-order valence-corrected chi connectivity index (χ4v) is 2.04. The maximum atomic E-state index is 10.9. The van der Waals surface area contributed by atoms with Gasteiger partial charge in [0, 0.05) is 13.2 Å². The molecule has 0 saturated heterocycles. The Hall–Kier alpha value is -2.25. The summed E-state index contributed by atoms with van der Waals surface area (Å²) in [6, 6.07) is -0.262. The molecule has 0 radical (unpaired) electrons. The van der Waals surface area contributed by atoms with E-state index in [4.69, 9.17) is 5.11 Å². The number of hydrogen-bond acceptors (Lipinski definition) is 5. The second kappa shape index (κ2) is 5.17. The molecule has 2 aromatic rings. The van der Waals surface area contributed by atoms with Gasteiger partial charge in [0.05, 0.1) is 23.7 Å². The van der Waals surface area contributed by atoms with E-state index in [2.05, 4.69) is 20.6 Å². The van der Waals surface area contributed by atoms with Crippen LogP contribution in [0.4, 0.5) is 0 Å². The number of hydrogen-bond donors (Lipinski definition) is 1. The number of nitrogens with zero attached hydrogens (tertiary/aromatic N) is 6. The third-order valence-electron chi connectivity index (χ3n) is 2.97. The molecule has 0 spiro atoms. The van der Waals surface area contributed by atoms with Crippen molar-refractivity contribution in [1.82, 2.24) is 30.0 Å². The molecule has 1 atom stereocenters. The summed E-state index contributed by atoms with van der Waals surface area (Å²) >= 11 is 0. The summed E-state index contributed by atoms with van der Waals surface area (Å²) in [7, 11) is 1.82. The average molecular weight is 264 g/mol. The first kappa shape index (κ1) is 13.2. The van der Waals surface area contributed by atoms with Crippen LogP contribution in [-0.2, 0) is 11.8 Å². The third-order valence-corrected chi connectivity index (χ3v) is 2.97. The van der Waals surface area contributed by atoms with E-state index in [0.717, 1.165) is 11.3 Å². The van der Waals surface area contributed by atoms with Crippen molar-refractivity contribution in [2.75, 3.05) is 0 Å². The van der Waals surface area contributed by atoms with E-state index < -0.39 is 5.97 Å². The maximum absolute atomic E-state index is 10.9. The van der Waals surface area contributed by atoms with Crippen LogP contribution in [0.25, 0.3) is 11.4 Å². The first-order valence-corrected chi connectivity index (χ1v) is 6.03. The Labute approximate surface area is 110 Å². The summed E-state index contributed by atoms with van der Waals surface area (Å²) < 4.78 is 3.25. The van der Waals surface area contributed by atoms with E-state index in [1.807, 2.05) is 27.1 Å². The van der Waals surface area contributed by atoms with Crippen LogP contribution in [0, 0.1) is 6.92 Å². The number of aromatic nitrogens is 6. The van der Waals surface area contributed by atoms with Gasteiger partial charge in [-0.3, -0.25) is 9.48 Å². The van der Waals surface area contributed by atoms with Crippen LogP contribution in [0.1, 0.15) is 31.5 Å². The molecular weight excluding hydrogens is 248 g/mol. The minimum atomic E-state index is -0.865. The summed E-state index contributed by atoms with van der Waals surface area (Å²) in [5, 5.41) is 24.8. The molecule has 1 N–H and O–H groups in total. The van der Waals surface area contributed by atoms with E-state index in [-0.39, 0.29) is 12.5 Å². The zero-order valence-corrected chi connectivity index (χ0v) is 11.1. The lowest BCUT2D eigenvalue weighted by Crippen LogP contribution is -2.15. The largest absolute Gasteiger partial charge is 0.481 e. The van der Waals surface area contributed by atoms with Crippen molar-refractivity contribution in [2.45, 2.75) is 32.7 Å². The van der Waals surface area contributed by atoms with Crippen molar-refractivity contribution in [1.29, 1.82) is 0 Å². The fraction of sp³-hybridized carbons (Fsp3) is 0.545. The van der Waals surface area contributed by atoms with Gasteiger partial charge in [0.1, 0.15) is 0 Å². The predicted molar refractivity (Wildman–Crippen MR) is 66.3 cm³/mol. The lowest BCUT2D eigenvalue weighted by atomic mass is 10.1. The summed E-state index contributed by atoms with van der Waals surface area (Å²) in [6.07, 6.45) is 2.46. The van der Waals surface area contributed by atoms with Gasteiger partial charge in [-0.25, -0.2) is 4.68 Å². The van der Waals surface area contributed by atoms with Crippen LogP contribution in [0.2, 0.25) is 0 Å². The molecule has 102 valence electrons. The lowest BCUT2D eigenvalue weighted by Gasteiger charge is -2.13. The third kappa shape index (κ3) is 2.61. The number of aryl methyl sites for hydroxylation is 2. The quantitative estimate of drug-likeness (QED) is 0.857. The van der Waals surface area contributed by atoms with Gasteiger partial charge in [-0.05, 0) is 23.8 Å². The van der Waals surface area contributed by atoms with Crippen molar-refractivity contribution < 1.29 is 9.90 Å². The number of rotatable bonds is 5. The maximum Gasteiger partial charge on any atom is 0.305 e. The lowest BCUT2D eigenvalue weighted by molar-refractivity contribution is -0.138. The topological polar surface area (TPSA) is 98.7 Å². The predicted octanol–water partition coefficient (Wildman–Crippen LogP) is 0.808. The smallest absolute Gasteiger partial charge is 0.305 e. The zero-order chi connectivity index (χ0) is 14.0. The molecule has 0 bridgehead atoms. The van der Waals surface area contributed by atoms with Gasteiger partial charge in [-0.1, -0.05) is 6.92 Å². The SMILES string of the molecule is CCC(CC(=O)O)n1nnnc1-c1cn(C)nc1C. The molecule has 2 heterocycles. The van der Waals surface area contributed by atoms with Crippen LogP contribution < -0.4 is 0 Å². The van der Waals surface area contributed by atoms with Crippen LogP contribution in [0.15, 0.2) is 6.20 Å². The van der Waals surface area contributed by atoms with Gasteiger partial charge in [0.2, 0.25) is 0 Å². The molecule has 8 heteroatoms. The minimum Gasteiger partial charge on any atom is -0.481 e. The van der Waals surface area contributed by atoms with E-state index in [0.29, 0.717) is 12.2 Å². The average Bonchev–Trinajstić information content (AvgIpc) is 2.92. The molecular formula is C11H16N6O2. The highest BCUT2D eigenvalue weighted by Gasteiger charge is 2.21. The number of carbonyl (C=O) groups is 1. The van der Waals surface area contributed by atoms with Gasteiger partial charge in [0.25, 0.3) is 0 Å². The minimum absolute atomic E-state index is 0.00610. The molecule has 8 nitrogen and oxygen atoms in total. The Morgan fingerprint density at radius 2 is 2.26 bits per heavy atom. The van der Waals surface area contributed by atoms with Crippen molar-refractivity contribution >= 4 is 5.97 Å². The molecule has 0 aliphatic rings. The number of carboxylic acids is 1. The Kier molecular flexibility index (Phi) is 3.59. The van der Waals surface area contributed by atoms with Gasteiger partial charge in [-0.15, -0.1) is 5.10 Å². The number of tetrazole rings is 1. The van der Waals surface area contributed by atoms with Crippen LogP contribution >= 0.6 is 0 Å². The van der Waals surface area contributed by atoms with Crippen LogP contribution in [0.5, 0.6) is 0 Å². The highest BCUT2D eigenvalue weighted by Crippen LogP contribution is 2.24. The van der Waals surface area contributed by atoms with Gasteiger partial charge in [-0.2, -0.15) is 5.10 Å². The van der Waals surface area contributed by atoms with Gasteiger partial charge < -0.3 is 5.11 Å². The van der Waals surface area contributed by atoms with E-state index in [9.17, 15) is 4.79 Å². The van der Waals surface area contributed by atoms with E-state index in [1.165, 1.54) is 0 Å². The summed E-state index contributed by atoms with van der Waals surface area (Å²) in [5.74, 6) is -0.310. The molecule has 0 saturated carbocycles. The summed E-state index contributed by atoms with van der Waals surface area (Å²) in [4.78, 5) is 10.9. The molecule has 0 aliphatic heterocycles. The van der Waals surface area contributed by atoms with Crippen molar-refractivity contribution in [3.63, 3.8) is 0 Å². The highest BCUT2D eigenvalue weighted by atomic mass is 16.4.